The van der Waals surface area contributed by atoms with Crippen molar-refractivity contribution in [3.8, 4) is 5.75 Å². The Kier molecular flexibility index (Phi) is 9.21. The van der Waals surface area contributed by atoms with Gasteiger partial charge in [-0.05, 0) is 31.0 Å². The van der Waals surface area contributed by atoms with Crippen molar-refractivity contribution in [2.24, 2.45) is 4.99 Å². The van der Waals surface area contributed by atoms with Gasteiger partial charge in [-0.15, -0.1) is 0 Å². The molecule has 0 spiro atoms. The highest BCUT2D eigenvalue weighted by Crippen LogP contribution is 2.19. The van der Waals surface area contributed by atoms with Crippen LogP contribution in [-0.2, 0) is 24.4 Å². The molecule has 0 amide bonds. The van der Waals surface area contributed by atoms with Crippen molar-refractivity contribution in [3.63, 3.8) is 0 Å². The molecule has 0 saturated carbocycles. The second-order valence-corrected chi connectivity index (χ2v) is 5.99. The predicted molar refractivity (Wildman–Crippen MR) is 107 cm³/mol. The minimum atomic E-state index is -2.85. The molecular formula is C21H27F2N3O2. The maximum Gasteiger partial charge on any atom is 0.387 e. The summed E-state index contributed by atoms with van der Waals surface area (Å²) in [6.07, 6.45) is 0. The zero-order valence-corrected chi connectivity index (χ0v) is 16.3. The van der Waals surface area contributed by atoms with E-state index in [0.717, 1.165) is 11.1 Å². The lowest BCUT2D eigenvalue weighted by Gasteiger charge is -2.14. The lowest BCUT2D eigenvalue weighted by molar-refractivity contribution is -0.0504. The number of guanidine groups is 1. The molecule has 0 radical (unpaired) electrons. The van der Waals surface area contributed by atoms with Crippen LogP contribution in [0.2, 0.25) is 0 Å². The third-order valence-electron chi connectivity index (χ3n) is 3.89. The van der Waals surface area contributed by atoms with Gasteiger partial charge >= 0.3 is 6.61 Å². The van der Waals surface area contributed by atoms with Crippen LogP contribution in [0.25, 0.3) is 0 Å². The number of alkyl halides is 2. The van der Waals surface area contributed by atoms with Crippen molar-refractivity contribution >= 4 is 5.96 Å². The van der Waals surface area contributed by atoms with Gasteiger partial charge in [0.1, 0.15) is 5.75 Å². The molecule has 2 aromatic carbocycles. The number of para-hydroxylation sites is 1. The third kappa shape index (κ3) is 7.52. The Morgan fingerprint density at radius 3 is 2.39 bits per heavy atom. The molecule has 7 heteroatoms. The van der Waals surface area contributed by atoms with Crippen LogP contribution in [0.4, 0.5) is 8.78 Å². The van der Waals surface area contributed by atoms with Crippen molar-refractivity contribution in [1.82, 2.24) is 10.6 Å². The van der Waals surface area contributed by atoms with Gasteiger partial charge in [0.2, 0.25) is 0 Å². The van der Waals surface area contributed by atoms with E-state index >= 15 is 0 Å². The van der Waals surface area contributed by atoms with Gasteiger partial charge in [-0.25, -0.2) is 4.99 Å². The van der Waals surface area contributed by atoms with Crippen LogP contribution in [0, 0.1) is 0 Å². The van der Waals surface area contributed by atoms with E-state index in [0.29, 0.717) is 44.4 Å². The van der Waals surface area contributed by atoms with Crippen LogP contribution < -0.4 is 15.4 Å². The van der Waals surface area contributed by atoms with Crippen molar-refractivity contribution in [2.75, 3.05) is 13.2 Å². The van der Waals surface area contributed by atoms with E-state index in [9.17, 15) is 8.78 Å². The van der Waals surface area contributed by atoms with Crippen LogP contribution in [0.5, 0.6) is 5.75 Å². The normalized spacial score (nSPS) is 11.5. The third-order valence-corrected chi connectivity index (χ3v) is 3.89. The molecule has 0 aromatic heterocycles. The molecule has 0 unspecified atom stereocenters. The maximum absolute atomic E-state index is 12.5. The first-order chi connectivity index (χ1) is 13.6. The minimum Gasteiger partial charge on any atom is -0.434 e. The summed E-state index contributed by atoms with van der Waals surface area (Å²) in [5.41, 5.74) is 2.82. The van der Waals surface area contributed by atoms with E-state index in [1.165, 1.54) is 6.07 Å². The van der Waals surface area contributed by atoms with Crippen molar-refractivity contribution in [1.29, 1.82) is 0 Å². The molecule has 0 fully saturated rings. The molecule has 2 N–H and O–H groups in total. The first-order valence-electron chi connectivity index (χ1n) is 9.32. The van der Waals surface area contributed by atoms with E-state index in [-0.39, 0.29) is 5.75 Å². The molecule has 2 aromatic rings. The van der Waals surface area contributed by atoms with E-state index in [1.54, 1.807) is 18.2 Å². The first kappa shape index (κ1) is 21.6. The highest BCUT2D eigenvalue weighted by Gasteiger charge is 2.09. The molecule has 5 nitrogen and oxygen atoms in total. The smallest absolute Gasteiger partial charge is 0.387 e. The van der Waals surface area contributed by atoms with Gasteiger partial charge in [-0.1, -0.05) is 42.5 Å². The zero-order valence-electron chi connectivity index (χ0n) is 16.3. The minimum absolute atomic E-state index is 0.158. The molecule has 28 heavy (non-hydrogen) atoms. The molecule has 152 valence electrons. The van der Waals surface area contributed by atoms with E-state index in [4.69, 9.17) is 4.74 Å². The fourth-order valence-corrected chi connectivity index (χ4v) is 2.51. The van der Waals surface area contributed by atoms with Gasteiger partial charge in [0.25, 0.3) is 0 Å². The number of aliphatic imine (C=N–C) groups is 1. The number of benzene rings is 2. The zero-order chi connectivity index (χ0) is 20.2. The Morgan fingerprint density at radius 1 is 1.00 bits per heavy atom. The molecule has 0 heterocycles. The summed E-state index contributed by atoms with van der Waals surface area (Å²) in [5, 5.41) is 6.31. The molecule has 0 bridgehead atoms. The average molecular weight is 391 g/mol. The summed E-state index contributed by atoms with van der Waals surface area (Å²) >= 11 is 0. The molecule has 0 aliphatic rings. The Bertz CT molecular complexity index is 737. The lowest BCUT2D eigenvalue weighted by Crippen LogP contribution is -2.36. The van der Waals surface area contributed by atoms with Gasteiger partial charge < -0.3 is 20.1 Å². The Morgan fingerprint density at radius 2 is 1.71 bits per heavy atom. The van der Waals surface area contributed by atoms with Crippen LogP contribution in [0.1, 0.15) is 30.5 Å². The quantitative estimate of drug-likeness (QED) is 0.473. The average Bonchev–Trinajstić information content (AvgIpc) is 2.70. The maximum atomic E-state index is 12.5. The fourth-order valence-electron chi connectivity index (χ4n) is 2.51. The highest BCUT2D eigenvalue weighted by molar-refractivity contribution is 5.79. The van der Waals surface area contributed by atoms with Crippen LogP contribution in [0.3, 0.4) is 0 Å². The Balaban J connectivity index is 1.97. The molecule has 0 saturated heterocycles. The van der Waals surface area contributed by atoms with Crippen LogP contribution >= 0.6 is 0 Å². The fraction of sp³-hybridized carbons (Fsp3) is 0.381. The Hall–Kier alpha value is -2.67. The highest BCUT2D eigenvalue weighted by atomic mass is 19.3. The summed E-state index contributed by atoms with van der Waals surface area (Å²) < 4.78 is 35.0. The number of hydrogen-bond donors (Lipinski definition) is 2. The molecule has 2 rings (SSSR count). The monoisotopic (exact) mass is 391 g/mol. The number of rotatable bonds is 10. The summed E-state index contributed by atoms with van der Waals surface area (Å²) in [6, 6.07) is 14.8. The van der Waals surface area contributed by atoms with E-state index in [2.05, 4.69) is 20.4 Å². The van der Waals surface area contributed by atoms with E-state index in [1.807, 2.05) is 38.1 Å². The predicted octanol–water partition coefficient (Wildman–Crippen LogP) is 4.08. The largest absolute Gasteiger partial charge is 0.434 e. The van der Waals surface area contributed by atoms with Gasteiger partial charge in [0, 0.05) is 25.3 Å². The van der Waals surface area contributed by atoms with Crippen molar-refractivity contribution in [2.45, 2.75) is 40.2 Å². The number of nitrogens with one attached hydrogen (secondary N) is 2. The van der Waals surface area contributed by atoms with Gasteiger partial charge in [0.05, 0.1) is 13.2 Å². The van der Waals surface area contributed by atoms with E-state index < -0.39 is 6.61 Å². The molecular weight excluding hydrogens is 364 g/mol. The number of halogens is 2. The second kappa shape index (κ2) is 11.9. The topological polar surface area (TPSA) is 54.9 Å². The van der Waals surface area contributed by atoms with Crippen molar-refractivity contribution in [3.05, 3.63) is 65.2 Å². The van der Waals surface area contributed by atoms with Crippen LogP contribution in [0.15, 0.2) is 53.5 Å². The Labute approximate surface area is 164 Å². The molecule has 0 aliphatic carbocycles. The van der Waals surface area contributed by atoms with Gasteiger partial charge in [-0.2, -0.15) is 8.78 Å². The molecule has 0 atom stereocenters. The second-order valence-electron chi connectivity index (χ2n) is 5.99. The summed E-state index contributed by atoms with van der Waals surface area (Å²) in [4.78, 5) is 4.56. The summed E-state index contributed by atoms with van der Waals surface area (Å²) in [6.45, 7) is 3.88. The number of nitrogens with zero attached hydrogens (tertiary/aromatic N) is 1. The summed E-state index contributed by atoms with van der Waals surface area (Å²) in [5.74, 6) is 0.762. The number of ether oxygens (including phenoxy) is 2. The number of hydrogen-bond acceptors (Lipinski definition) is 3. The van der Waals surface area contributed by atoms with Gasteiger partial charge in [0.15, 0.2) is 5.96 Å². The van der Waals surface area contributed by atoms with Gasteiger partial charge in [-0.3, -0.25) is 0 Å². The standard InChI is InChI=1S/C21H27F2N3O2/c1-3-24-21(25-13-16-9-11-17(12-10-16)15-27-4-2)26-14-18-7-5-6-8-19(18)28-20(22)23/h5-12,20H,3-4,13-15H2,1-2H3,(H2,24,25,26). The molecule has 0 aliphatic heterocycles. The summed E-state index contributed by atoms with van der Waals surface area (Å²) in [7, 11) is 0. The lowest BCUT2D eigenvalue weighted by atomic mass is 10.1. The van der Waals surface area contributed by atoms with Crippen molar-refractivity contribution < 1.29 is 18.3 Å². The first-order valence-corrected chi connectivity index (χ1v) is 9.32. The SMILES string of the molecule is CCNC(=NCc1ccc(COCC)cc1)NCc1ccccc1OC(F)F. The van der Waals surface area contributed by atoms with Crippen LogP contribution in [-0.4, -0.2) is 25.7 Å².